The molecule has 27 heavy (non-hydrogen) atoms. The van der Waals surface area contributed by atoms with Crippen molar-refractivity contribution < 1.29 is 24.4 Å². The van der Waals surface area contributed by atoms with E-state index in [1.165, 1.54) is 11.8 Å². The quantitative estimate of drug-likeness (QED) is 0.720. The van der Waals surface area contributed by atoms with Crippen LogP contribution in [0.3, 0.4) is 0 Å². The van der Waals surface area contributed by atoms with Crippen LogP contribution in [0.1, 0.15) is 28.8 Å². The maximum Gasteiger partial charge on any atom is 0.243 e. The molecule has 0 bridgehead atoms. The van der Waals surface area contributed by atoms with Gasteiger partial charge in [-0.25, -0.2) is 0 Å². The van der Waals surface area contributed by atoms with Gasteiger partial charge in [0.05, 0.1) is 26.3 Å². The lowest BCUT2D eigenvalue weighted by atomic mass is 9.90. The number of hydrogen-bond acceptors (Lipinski definition) is 6. The number of ether oxygens (including phenoxy) is 2. The molecule has 1 spiro atoms. The van der Waals surface area contributed by atoms with Crippen LogP contribution in [0.2, 0.25) is 0 Å². The van der Waals surface area contributed by atoms with Crippen LogP contribution >= 0.6 is 11.8 Å². The number of benzene rings is 1. The van der Waals surface area contributed by atoms with Crippen LogP contribution < -0.4 is 10.2 Å². The first-order valence-corrected chi connectivity index (χ1v) is 10.6. The molecule has 3 heterocycles. The lowest BCUT2D eigenvalue weighted by molar-refractivity contribution is -0.667. The lowest BCUT2D eigenvalue weighted by Crippen LogP contribution is -2.88. The SMILES string of the molecule is O=C1C(=O)c2ccc(N3CCOCC3)cc2C2=C1SCC1(CC[NH2+]CC1)O2. The molecule has 1 aromatic rings. The van der Waals surface area contributed by atoms with E-state index in [1.54, 1.807) is 6.07 Å². The monoisotopic (exact) mass is 387 g/mol. The van der Waals surface area contributed by atoms with Crippen molar-refractivity contribution in [1.82, 2.24) is 0 Å². The molecular formula is C20H23N2O4S+. The van der Waals surface area contributed by atoms with E-state index in [0.717, 1.165) is 56.0 Å². The Hall–Kier alpha value is -1.83. The number of morpholine rings is 1. The Kier molecular flexibility index (Phi) is 4.26. The van der Waals surface area contributed by atoms with Gasteiger partial charge in [0.2, 0.25) is 11.6 Å². The number of carbonyl (C=O) groups excluding carboxylic acids is 2. The summed E-state index contributed by atoms with van der Waals surface area (Å²) >= 11 is 1.51. The Balaban J connectivity index is 1.57. The third-order valence-electron chi connectivity index (χ3n) is 5.89. The lowest BCUT2D eigenvalue weighted by Gasteiger charge is -2.42. The maximum atomic E-state index is 12.6. The van der Waals surface area contributed by atoms with E-state index in [9.17, 15) is 9.59 Å². The van der Waals surface area contributed by atoms with Crippen LogP contribution in [0.25, 0.3) is 5.76 Å². The van der Waals surface area contributed by atoms with Crippen LogP contribution in [0, 0.1) is 0 Å². The van der Waals surface area contributed by atoms with Crippen molar-refractivity contribution in [3.05, 3.63) is 34.2 Å². The van der Waals surface area contributed by atoms with Gasteiger partial charge >= 0.3 is 0 Å². The molecule has 0 unspecified atom stereocenters. The van der Waals surface area contributed by atoms with Gasteiger partial charge in [-0.1, -0.05) is 0 Å². The summed E-state index contributed by atoms with van der Waals surface area (Å²) in [6, 6.07) is 5.74. The number of nitrogens with zero attached hydrogens (tertiary/aromatic N) is 1. The fourth-order valence-electron chi connectivity index (χ4n) is 4.32. The highest BCUT2D eigenvalue weighted by Crippen LogP contribution is 2.46. The number of ketones is 2. The summed E-state index contributed by atoms with van der Waals surface area (Å²) in [5, 5.41) is 2.31. The molecule has 0 amide bonds. The molecule has 0 atom stereocenters. The average Bonchev–Trinajstić information content (AvgIpc) is 2.73. The predicted molar refractivity (Wildman–Crippen MR) is 103 cm³/mol. The summed E-state index contributed by atoms with van der Waals surface area (Å²) < 4.78 is 12.0. The number of rotatable bonds is 1. The fraction of sp³-hybridized carbons (Fsp3) is 0.500. The van der Waals surface area contributed by atoms with Crippen molar-refractivity contribution in [1.29, 1.82) is 0 Å². The predicted octanol–water partition coefficient (Wildman–Crippen LogP) is 0.817. The number of piperidine rings is 1. The Bertz CT molecular complexity index is 838. The molecular weight excluding hydrogens is 364 g/mol. The highest BCUT2D eigenvalue weighted by atomic mass is 32.2. The van der Waals surface area contributed by atoms with Gasteiger partial charge in [-0.05, 0) is 18.2 Å². The van der Waals surface area contributed by atoms with E-state index in [4.69, 9.17) is 9.47 Å². The minimum absolute atomic E-state index is 0.217. The number of carbonyl (C=O) groups is 2. The summed E-state index contributed by atoms with van der Waals surface area (Å²) in [7, 11) is 0. The summed E-state index contributed by atoms with van der Waals surface area (Å²) in [4.78, 5) is 28.0. The van der Waals surface area contributed by atoms with Crippen molar-refractivity contribution in [2.24, 2.45) is 0 Å². The van der Waals surface area contributed by atoms with Crippen LogP contribution in [-0.2, 0) is 14.3 Å². The number of Topliss-reactive ketones (excluding diaryl/α,β-unsaturated/α-hetero) is 2. The highest BCUT2D eigenvalue weighted by Gasteiger charge is 2.46. The Morgan fingerprint density at radius 2 is 1.81 bits per heavy atom. The molecule has 0 saturated carbocycles. The minimum atomic E-state index is -0.418. The molecule has 4 aliphatic rings. The van der Waals surface area contributed by atoms with Crippen LogP contribution in [-0.4, -0.2) is 62.3 Å². The van der Waals surface area contributed by atoms with Crippen molar-refractivity contribution in [3.8, 4) is 0 Å². The first kappa shape index (κ1) is 17.3. The molecule has 0 radical (unpaired) electrons. The maximum absolute atomic E-state index is 12.6. The summed E-state index contributed by atoms with van der Waals surface area (Å²) in [6.07, 6.45) is 1.94. The van der Waals surface area contributed by atoms with E-state index in [1.807, 2.05) is 12.1 Å². The number of hydrogen-bond donors (Lipinski definition) is 1. The fourth-order valence-corrected chi connectivity index (χ4v) is 5.58. The smallest absolute Gasteiger partial charge is 0.243 e. The zero-order valence-corrected chi connectivity index (χ0v) is 16.0. The second kappa shape index (κ2) is 6.65. The molecule has 2 N–H and O–H groups in total. The Labute approximate surface area is 162 Å². The Morgan fingerprint density at radius 3 is 2.59 bits per heavy atom. The molecule has 0 aromatic heterocycles. The zero-order chi connectivity index (χ0) is 18.4. The second-order valence-corrected chi connectivity index (χ2v) is 8.57. The summed E-state index contributed by atoms with van der Waals surface area (Å²) in [6.45, 7) is 5.14. The van der Waals surface area contributed by atoms with Crippen molar-refractivity contribution in [2.75, 3.05) is 50.0 Å². The van der Waals surface area contributed by atoms with Gasteiger partial charge in [0.1, 0.15) is 16.3 Å². The number of anilines is 1. The number of allylic oxidation sites excluding steroid dienone is 1. The molecule has 2 fully saturated rings. The highest BCUT2D eigenvalue weighted by molar-refractivity contribution is 8.04. The van der Waals surface area contributed by atoms with Crippen molar-refractivity contribution in [2.45, 2.75) is 18.4 Å². The molecule has 7 heteroatoms. The van der Waals surface area contributed by atoms with Gasteiger partial charge in [0, 0.05) is 48.5 Å². The second-order valence-electron chi connectivity index (χ2n) is 7.59. The number of thioether (sulfide) groups is 1. The molecule has 2 saturated heterocycles. The number of quaternary nitrogens is 1. The van der Waals surface area contributed by atoms with E-state index >= 15 is 0 Å². The molecule has 142 valence electrons. The van der Waals surface area contributed by atoms with Gasteiger partial charge in [-0.2, -0.15) is 0 Å². The average molecular weight is 387 g/mol. The van der Waals surface area contributed by atoms with E-state index in [2.05, 4.69) is 10.2 Å². The summed E-state index contributed by atoms with van der Waals surface area (Å²) in [5.74, 6) is 0.542. The van der Waals surface area contributed by atoms with Crippen LogP contribution in [0.5, 0.6) is 0 Å². The van der Waals surface area contributed by atoms with Crippen LogP contribution in [0.15, 0.2) is 23.1 Å². The Morgan fingerprint density at radius 1 is 1.04 bits per heavy atom. The van der Waals surface area contributed by atoms with E-state index < -0.39 is 11.6 Å². The third-order valence-corrected chi connectivity index (χ3v) is 7.22. The first-order valence-electron chi connectivity index (χ1n) is 9.61. The zero-order valence-electron chi connectivity index (χ0n) is 15.2. The van der Waals surface area contributed by atoms with Crippen molar-refractivity contribution in [3.63, 3.8) is 0 Å². The van der Waals surface area contributed by atoms with Gasteiger partial charge in [-0.3, -0.25) is 9.59 Å². The molecule has 1 aromatic carbocycles. The molecule has 5 rings (SSSR count). The van der Waals surface area contributed by atoms with Crippen LogP contribution in [0.4, 0.5) is 5.69 Å². The van der Waals surface area contributed by atoms with E-state index in [0.29, 0.717) is 29.4 Å². The topological polar surface area (TPSA) is 72.5 Å². The number of fused-ring (bicyclic) bond motifs is 2. The standard InChI is InChI=1S/C20H22N2O4S/c23-16-14-2-1-13(22-7-9-25-10-8-22)11-15(14)18-19(17(16)24)27-12-20(26-18)3-5-21-6-4-20/h1-2,11,21H,3-10,12H2/p+1. The van der Waals surface area contributed by atoms with Gasteiger partial charge in [0.25, 0.3) is 0 Å². The molecule has 3 aliphatic heterocycles. The molecule has 1 aliphatic carbocycles. The number of nitrogens with two attached hydrogens (primary N) is 1. The van der Waals surface area contributed by atoms with Crippen molar-refractivity contribution >= 4 is 34.8 Å². The van der Waals surface area contributed by atoms with Gasteiger partial charge in [-0.15, -0.1) is 11.8 Å². The van der Waals surface area contributed by atoms with Gasteiger partial charge in [0.15, 0.2) is 0 Å². The minimum Gasteiger partial charge on any atom is -0.484 e. The van der Waals surface area contributed by atoms with E-state index in [-0.39, 0.29) is 5.60 Å². The largest absolute Gasteiger partial charge is 0.484 e. The summed E-state index contributed by atoms with van der Waals surface area (Å²) in [5.41, 5.74) is 2.08. The molecule has 6 nitrogen and oxygen atoms in total. The third kappa shape index (κ3) is 2.88. The van der Waals surface area contributed by atoms with Gasteiger partial charge < -0.3 is 19.7 Å². The first-order chi connectivity index (χ1) is 13.2. The normalized spacial score (nSPS) is 24.5.